The van der Waals surface area contributed by atoms with Crippen molar-refractivity contribution >= 4 is 35.4 Å². The maximum atomic E-state index is 6.55. The molecular formula is C49H51N3. The molecule has 0 radical (unpaired) electrons. The Balaban J connectivity index is 0.000000311. The number of nitrogens with two attached hydrogens (primary N) is 1. The van der Waals surface area contributed by atoms with Crippen molar-refractivity contribution in [2.75, 3.05) is 10.6 Å². The molecule has 1 unspecified atom stereocenters. The van der Waals surface area contributed by atoms with Crippen LogP contribution in [-0.4, -0.2) is 6.72 Å². The van der Waals surface area contributed by atoms with E-state index in [1.165, 1.54) is 22.3 Å². The van der Waals surface area contributed by atoms with E-state index in [2.05, 4.69) is 161 Å². The number of nitrogens with zero attached hydrogens (tertiary/aromatic N) is 1. The highest BCUT2D eigenvalue weighted by molar-refractivity contribution is 5.90. The Bertz CT molecular complexity index is 2010. The van der Waals surface area contributed by atoms with Gasteiger partial charge in [0.1, 0.15) is 0 Å². The van der Waals surface area contributed by atoms with Crippen LogP contribution in [0.5, 0.6) is 0 Å². The largest absolute Gasteiger partial charge is 0.398 e. The molecule has 52 heavy (non-hydrogen) atoms. The molecule has 5 aromatic rings. The van der Waals surface area contributed by atoms with Crippen LogP contribution >= 0.6 is 0 Å². The number of hydrogen-bond donors (Lipinski definition) is 2. The number of nitrogens with one attached hydrogen (secondary N) is 1. The maximum absolute atomic E-state index is 6.55. The minimum Gasteiger partial charge on any atom is -0.398 e. The minimum absolute atomic E-state index is 0.396. The molecule has 0 saturated carbocycles. The van der Waals surface area contributed by atoms with Crippen LogP contribution < -0.4 is 10.6 Å². The number of anilines is 3. The fourth-order valence-electron chi connectivity index (χ4n) is 5.93. The normalized spacial score (nSPS) is 15.7. The number of hydrogen-bond acceptors (Lipinski definition) is 3. The third-order valence-corrected chi connectivity index (χ3v) is 8.85. The molecule has 5 aromatic carbocycles. The Morgan fingerprint density at radius 3 is 1.90 bits per heavy atom. The molecule has 3 N–H and O–H groups in total. The molecule has 0 spiro atoms. The summed E-state index contributed by atoms with van der Waals surface area (Å²) >= 11 is 0. The quantitative estimate of drug-likeness (QED) is 0.147. The summed E-state index contributed by atoms with van der Waals surface area (Å²) in [6, 6.07) is 43.7. The Labute approximate surface area is 311 Å². The van der Waals surface area contributed by atoms with Gasteiger partial charge in [0, 0.05) is 34.6 Å². The van der Waals surface area contributed by atoms with Crippen LogP contribution in [0.1, 0.15) is 42.5 Å². The molecule has 1 aliphatic heterocycles. The maximum Gasteiger partial charge on any atom is 0.0534 e. The summed E-state index contributed by atoms with van der Waals surface area (Å²) in [6.07, 6.45) is 18.4. The van der Waals surface area contributed by atoms with Gasteiger partial charge < -0.3 is 16.0 Å². The van der Waals surface area contributed by atoms with Crippen molar-refractivity contribution in [3.63, 3.8) is 0 Å². The molecule has 0 saturated heterocycles. The summed E-state index contributed by atoms with van der Waals surface area (Å²) in [5.41, 5.74) is 20.2. The van der Waals surface area contributed by atoms with Gasteiger partial charge in [-0.3, -0.25) is 0 Å². The van der Waals surface area contributed by atoms with Crippen molar-refractivity contribution < 1.29 is 0 Å². The fourth-order valence-corrected chi connectivity index (χ4v) is 5.93. The molecule has 0 aromatic heterocycles. The number of rotatable bonds is 4. The Hall–Kier alpha value is -6.19. The number of aryl methyl sites for hydroxylation is 2. The summed E-state index contributed by atoms with van der Waals surface area (Å²) in [5, 5.41) is 5.50. The smallest absolute Gasteiger partial charge is 0.0534 e. The van der Waals surface area contributed by atoms with Crippen molar-refractivity contribution in [3.05, 3.63) is 210 Å². The lowest BCUT2D eigenvalue weighted by molar-refractivity contribution is 0.766. The predicted molar refractivity (Wildman–Crippen MR) is 229 cm³/mol. The second-order valence-corrected chi connectivity index (χ2v) is 12.8. The van der Waals surface area contributed by atoms with Crippen molar-refractivity contribution in [1.82, 2.24) is 0 Å². The van der Waals surface area contributed by atoms with Crippen LogP contribution in [0, 0.1) is 25.2 Å². The standard InChI is InChI=1S/C34H32N2.2C7H8.CH3N/c1-24-15-17-27(18-16-24)26(3)22-32-30(13-9-14-33(32)35)28-19-20-34-31(23-28)25(2)10-7-8-21-36(34)29-11-5-4-6-12-29;2*1-7-5-3-2-4-6-7;1-2/h4-17,19-23,27H,2,18,35H2,1,3H3;2*2-6H,1H3;2H,1H2/b10-7-,21-8-,26-22+;;;. The fraction of sp³-hybridized carbons (Fsp3) is 0.122. The van der Waals surface area contributed by atoms with E-state index in [-0.39, 0.29) is 0 Å². The van der Waals surface area contributed by atoms with Crippen molar-refractivity contribution in [2.45, 2.75) is 34.1 Å². The third kappa shape index (κ3) is 10.9. The first-order valence-electron chi connectivity index (χ1n) is 17.6. The van der Waals surface area contributed by atoms with E-state index in [9.17, 15) is 0 Å². The zero-order valence-electron chi connectivity index (χ0n) is 31.0. The molecule has 2 aliphatic rings. The van der Waals surface area contributed by atoms with E-state index < -0.39 is 0 Å². The van der Waals surface area contributed by atoms with Crippen LogP contribution in [0.4, 0.5) is 17.1 Å². The highest BCUT2D eigenvalue weighted by Crippen LogP contribution is 2.39. The zero-order valence-corrected chi connectivity index (χ0v) is 31.0. The number of fused-ring (bicyclic) bond motifs is 1. The number of para-hydroxylation sites is 1. The highest BCUT2D eigenvalue weighted by Gasteiger charge is 2.17. The third-order valence-electron chi connectivity index (χ3n) is 8.85. The molecule has 1 aliphatic carbocycles. The molecular weight excluding hydrogens is 631 g/mol. The number of benzene rings is 5. The summed E-state index contributed by atoms with van der Waals surface area (Å²) in [4.78, 5) is 2.21. The van der Waals surface area contributed by atoms with Crippen molar-refractivity contribution in [3.8, 4) is 11.1 Å². The molecule has 0 fully saturated rings. The molecule has 262 valence electrons. The van der Waals surface area contributed by atoms with Crippen molar-refractivity contribution in [1.29, 1.82) is 5.41 Å². The summed E-state index contributed by atoms with van der Waals surface area (Å²) < 4.78 is 0. The van der Waals surface area contributed by atoms with Gasteiger partial charge in [0.2, 0.25) is 0 Å². The van der Waals surface area contributed by atoms with Crippen LogP contribution in [0.15, 0.2) is 188 Å². The summed E-state index contributed by atoms with van der Waals surface area (Å²) in [6.45, 7) is 15.4. The lowest BCUT2D eigenvalue weighted by atomic mass is 9.88. The van der Waals surface area contributed by atoms with Crippen LogP contribution in [0.3, 0.4) is 0 Å². The van der Waals surface area contributed by atoms with Gasteiger partial charge in [0.05, 0.1) is 5.69 Å². The zero-order chi connectivity index (χ0) is 37.3. The molecule has 0 amide bonds. The first-order valence-corrected chi connectivity index (χ1v) is 17.6. The summed E-state index contributed by atoms with van der Waals surface area (Å²) in [7, 11) is 0. The lowest BCUT2D eigenvalue weighted by Crippen LogP contribution is -2.11. The van der Waals surface area contributed by atoms with Crippen molar-refractivity contribution in [2.24, 2.45) is 5.92 Å². The average Bonchev–Trinajstić information content (AvgIpc) is 3.17. The first-order chi connectivity index (χ1) is 25.3. The van der Waals surface area contributed by atoms with Crippen LogP contribution in [0.2, 0.25) is 0 Å². The monoisotopic (exact) mass is 681 g/mol. The van der Waals surface area contributed by atoms with Gasteiger partial charge >= 0.3 is 0 Å². The molecule has 3 nitrogen and oxygen atoms in total. The molecule has 1 heterocycles. The Morgan fingerprint density at radius 2 is 1.35 bits per heavy atom. The van der Waals surface area contributed by atoms with Crippen LogP contribution in [-0.2, 0) is 0 Å². The topological polar surface area (TPSA) is 53.1 Å². The van der Waals surface area contributed by atoms with Gasteiger partial charge in [-0.05, 0) is 93.9 Å². The Morgan fingerprint density at radius 1 is 0.731 bits per heavy atom. The van der Waals surface area contributed by atoms with Gasteiger partial charge in [-0.25, -0.2) is 0 Å². The molecule has 1 atom stereocenters. The van der Waals surface area contributed by atoms with Gasteiger partial charge in [0.15, 0.2) is 0 Å². The number of nitrogen functional groups attached to an aromatic ring is 1. The minimum atomic E-state index is 0.396. The van der Waals surface area contributed by atoms with E-state index in [1.54, 1.807) is 0 Å². The molecule has 3 heteroatoms. The second kappa shape index (κ2) is 19.9. The van der Waals surface area contributed by atoms with E-state index in [4.69, 9.17) is 11.1 Å². The second-order valence-electron chi connectivity index (χ2n) is 12.8. The average molecular weight is 682 g/mol. The van der Waals surface area contributed by atoms with Crippen LogP contribution in [0.25, 0.3) is 22.8 Å². The highest BCUT2D eigenvalue weighted by atomic mass is 15.1. The van der Waals surface area contributed by atoms with Gasteiger partial charge in [-0.2, -0.15) is 0 Å². The summed E-state index contributed by atoms with van der Waals surface area (Å²) in [5.74, 6) is 0.396. The SMILES string of the molecule is C=C1/C=C\C=C/N(c2ccccc2)c2ccc(-c3cccc(N)c3/C=C(\C)C3C=CC(C)=CC3)cc21.C=N.Cc1ccccc1.Cc1ccccc1. The molecule has 0 bridgehead atoms. The number of allylic oxidation sites excluding steroid dienone is 9. The lowest BCUT2D eigenvalue weighted by Gasteiger charge is -2.26. The van der Waals surface area contributed by atoms with Gasteiger partial charge in [-0.15, -0.1) is 0 Å². The van der Waals surface area contributed by atoms with E-state index in [0.717, 1.165) is 51.3 Å². The predicted octanol–water partition coefficient (Wildman–Crippen LogP) is 13.4. The van der Waals surface area contributed by atoms with E-state index in [0.29, 0.717) is 5.92 Å². The van der Waals surface area contributed by atoms with Gasteiger partial charge in [-0.1, -0.05) is 162 Å². The van der Waals surface area contributed by atoms with Gasteiger partial charge in [0.25, 0.3) is 0 Å². The van der Waals surface area contributed by atoms with E-state index in [1.807, 2.05) is 60.7 Å². The van der Waals surface area contributed by atoms with E-state index >= 15 is 0 Å². The Kier molecular flexibility index (Phi) is 14.7. The first kappa shape index (κ1) is 38.6. The molecule has 7 rings (SSSR count).